The number of carbonyl (C=O) groups excluding carboxylic acids is 1. The molecular weight excluding hydrogens is 323 g/mol. The Morgan fingerprint density at radius 2 is 2.00 bits per heavy atom. The molecule has 0 saturated heterocycles. The van der Waals surface area contributed by atoms with Gasteiger partial charge in [-0.3, -0.25) is 4.79 Å². The van der Waals surface area contributed by atoms with Crippen molar-refractivity contribution in [2.75, 3.05) is 0 Å². The van der Waals surface area contributed by atoms with Crippen LogP contribution in [0, 0.1) is 6.92 Å². The van der Waals surface area contributed by atoms with Gasteiger partial charge in [0.15, 0.2) is 5.82 Å². The van der Waals surface area contributed by atoms with Gasteiger partial charge in [-0.05, 0) is 17.7 Å². The van der Waals surface area contributed by atoms with Crippen LogP contribution in [0.5, 0.6) is 0 Å². The van der Waals surface area contributed by atoms with Crippen molar-refractivity contribution < 1.29 is 22.5 Å². The fourth-order valence-corrected chi connectivity index (χ4v) is 1.90. The van der Waals surface area contributed by atoms with E-state index in [0.717, 1.165) is 0 Å². The lowest BCUT2D eigenvalue weighted by atomic mass is 10.1. The van der Waals surface area contributed by atoms with E-state index in [1.165, 1.54) is 6.92 Å². The van der Waals surface area contributed by atoms with Crippen LogP contribution in [0.4, 0.5) is 13.2 Å². The van der Waals surface area contributed by atoms with E-state index in [9.17, 15) is 18.0 Å². The number of alkyl halides is 3. The maximum absolute atomic E-state index is 12.3. The molecule has 1 N–H and O–H groups in total. The van der Waals surface area contributed by atoms with E-state index in [1.807, 2.05) is 0 Å². The second-order valence-corrected chi connectivity index (χ2v) is 4.95. The Labute approximate surface area is 128 Å². The fourth-order valence-electron chi connectivity index (χ4n) is 1.78. The summed E-state index contributed by atoms with van der Waals surface area (Å²) in [5, 5.41) is 6.35. The molecule has 2 rings (SSSR count). The van der Waals surface area contributed by atoms with Gasteiger partial charge in [-0.1, -0.05) is 28.9 Å². The maximum atomic E-state index is 12.3. The molecule has 0 aliphatic carbocycles. The summed E-state index contributed by atoms with van der Waals surface area (Å²) in [6.45, 7) is 1.53. The second-order valence-electron chi connectivity index (χ2n) is 4.52. The first-order valence-corrected chi connectivity index (χ1v) is 6.54. The van der Waals surface area contributed by atoms with Crippen molar-refractivity contribution >= 4 is 17.5 Å². The van der Waals surface area contributed by atoms with Crippen molar-refractivity contribution in [2.24, 2.45) is 0 Å². The number of benzene rings is 1. The number of aryl methyl sites for hydroxylation is 1. The first-order chi connectivity index (χ1) is 10.2. The molecule has 1 amide bonds. The van der Waals surface area contributed by atoms with Crippen molar-refractivity contribution in [3.05, 3.63) is 46.6 Å². The topological polar surface area (TPSA) is 68.0 Å². The number of rotatable bonds is 4. The molecule has 9 heteroatoms. The van der Waals surface area contributed by atoms with E-state index in [-0.39, 0.29) is 11.7 Å². The third-order valence-corrected chi connectivity index (χ3v) is 2.92. The highest BCUT2D eigenvalue weighted by Gasteiger charge is 2.33. The first-order valence-electron chi connectivity index (χ1n) is 6.16. The van der Waals surface area contributed by atoms with Gasteiger partial charge in [0.25, 0.3) is 0 Å². The molecule has 118 valence electrons. The normalized spacial score (nSPS) is 13.0. The van der Waals surface area contributed by atoms with E-state index in [4.69, 9.17) is 16.1 Å². The van der Waals surface area contributed by atoms with Crippen LogP contribution >= 0.6 is 11.6 Å². The van der Waals surface area contributed by atoms with Gasteiger partial charge in [-0.15, -0.1) is 0 Å². The molecule has 5 nitrogen and oxygen atoms in total. The number of aromatic nitrogens is 2. The van der Waals surface area contributed by atoms with Crippen LogP contribution in [-0.4, -0.2) is 22.2 Å². The monoisotopic (exact) mass is 333 g/mol. The molecule has 22 heavy (non-hydrogen) atoms. The van der Waals surface area contributed by atoms with E-state index in [1.54, 1.807) is 24.3 Å². The lowest BCUT2D eigenvalue weighted by molar-refractivity contribution is -0.154. The largest absolute Gasteiger partial charge is 0.397 e. The van der Waals surface area contributed by atoms with Gasteiger partial charge < -0.3 is 9.84 Å². The van der Waals surface area contributed by atoms with Gasteiger partial charge in [-0.25, -0.2) is 0 Å². The van der Waals surface area contributed by atoms with Gasteiger partial charge >= 0.3 is 6.18 Å². The number of carbonyl (C=O) groups is 1. The molecule has 0 bridgehead atoms. The summed E-state index contributed by atoms with van der Waals surface area (Å²) < 4.78 is 41.7. The van der Waals surface area contributed by atoms with E-state index in [2.05, 4.69) is 15.5 Å². The van der Waals surface area contributed by atoms with Crippen LogP contribution in [0.3, 0.4) is 0 Å². The average molecular weight is 334 g/mol. The lowest BCUT2D eigenvalue weighted by Gasteiger charge is -2.16. The zero-order valence-electron chi connectivity index (χ0n) is 11.3. The molecule has 0 spiro atoms. The fraction of sp³-hybridized carbons (Fsp3) is 0.308. The zero-order valence-corrected chi connectivity index (χ0v) is 12.1. The summed E-state index contributed by atoms with van der Waals surface area (Å²) in [6, 6.07) is 5.27. The summed E-state index contributed by atoms with van der Waals surface area (Å²) in [5.41, 5.74) is 0.487. The molecular formula is C13H11ClF3N3O2. The molecule has 0 aliphatic heterocycles. The molecule has 1 aromatic heterocycles. The Hall–Kier alpha value is -2.09. The number of amides is 1. The molecule has 1 atom stereocenters. The number of nitrogens with zero attached hydrogens (tertiary/aromatic N) is 2. The Kier molecular flexibility index (Phi) is 4.70. The van der Waals surface area contributed by atoms with Crippen molar-refractivity contribution in [3.8, 4) is 0 Å². The maximum Gasteiger partial charge on any atom is 0.397 e. The Balaban J connectivity index is 2.26. The van der Waals surface area contributed by atoms with Gasteiger partial charge in [0, 0.05) is 11.9 Å². The van der Waals surface area contributed by atoms with Gasteiger partial charge in [0.2, 0.25) is 11.8 Å². The third-order valence-electron chi connectivity index (χ3n) is 2.67. The van der Waals surface area contributed by atoms with Gasteiger partial charge in [0.1, 0.15) is 12.5 Å². The third kappa shape index (κ3) is 4.45. The molecule has 1 heterocycles. The van der Waals surface area contributed by atoms with Crippen LogP contribution < -0.4 is 5.32 Å². The van der Waals surface area contributed by atoms with Crippen LogP contribution in [0.2, 0.25) is 5.02 Å². The van der Waals surface area contributed by atoms with Crippen LogP contribution in [-0.2, 0) is 4.79 Å². The summed E-state index contributed by atoms with van der Waals surface area (Å²) in [5.74, 6) is -0.885. The standard InChI is InChI=1S/C13H11ClF3N3O2/c1-7-18-12(20-22-7)11(8-2-4-9(14)5-3-8)19-10(21)6-13(15,16)17/h2-5,11H,6H2,1H3,(H,19,21). The van der Waals surface area contributed by atoms with E-state index in [0.29, 0.717) is 10.6 Å². The summed E-state index contributed by atoms with van der Waals surface area (Å²) in [4.78, 5) is 15.5. The Morgan fingerprint density at radius 1 is 1.36 bits per heavy atom. The van der Waals surface area contributed by atoms with E-state index < -0.39 is 24.5 Å². The highest BCUT2D eigenvalue weighted by atomic mass is 35.5. The van der Waals surface area contributed by atoms with Crippen molar-refractivity contribution in [3.63, 3.8) is 0 Å². The SMILES string of the molecule is Cc1nc(C(NC(=O)CC(F)(F)F)c2ccc(Cl)cc2)no1. The molecule has 0 aliphatic rings. The highest BCUT2D eigenvalue weighted by molar-refractivity contribution is 6.30. The van der Waals surface area contributed by atoms with Crippen molar-refractivity contribution in [1.29, 1.82) is 0 Å². The Morgan fingerprint density at radius 3 is 2.50 bits per heavy atom. The predicted molar refractivity (Wildman–Crippen MR) is 71.1 cm³/mol. The van der Waals surface area contributed by atoms with Crippen molar-refractivity contribution in [1.82, 2.24) is 15.5 Å². The lowest BCUT2D eigenvalue weighted by Crippen LogP contribution is -2.33. The zero-order chi connectivity index (χ0) is 16.3. The molecule has 1 aromatic carbocycles. The first kappa shape index (κ1) is 16.3. The second kappa shape index (κ2) is 6.35. The molecule has 1 unspecified atom stereocenters. The van der Waals surface area contributed by atoms with Crippen LogP contribution in [0.25, 0.3) is 0 Å². The minimum absolute atomic E-state index is 0.0651. The number of nitrogens with one attached hydrogen (secondary N) is 1. The van der Waals surface area contributed by atoms with Gasteiger partial charge in [0.05, 0.1) is 0 Å². The average Bonchev–Trinajstić information content (AvgIpc) is 2.81. The quantitative estimate of drug-likeness (QED) is 0.933. The van der Waals surface area contributed by atoms with E-state index >= 15 is 0 Å². The predicted octanol–water partition coefficient (Wildman–Crippen LogP) is 3.19. The molecule has 2 aromatic rings. The van der Waals surface area contributed by atoms with Crippen LogP contribution in [0.1, 0.15) is 29.7 Å². The summed E-state index contributed by atoms with van der Waals surface area (Å²) >= 11 is 5.77. The van der Waals surface area contributed by atoms with Gasteiger partial charge in [-0.2, -0.15) is 18.2 Å². The summed E-state index contributed by atoms with van der Waals surface area (Å²) in [7, 11) is 0. The minimum atomic E-state index is -4.60. The van der Waals surface area contributed by atoms with Crippen LogP contribution in [0.15, 0.2) is 28.8 Å². The molecule has 0 saturated carbocycles. The number of hydrogen-bond acceptors (Lipinski definition) is 4. The summed E-state index contributed by atoms with van der Waals surface area (Å²) in [6.07, 6.45) is -6.18. The minimum Gasteiger partial charge on any atom is -0.342 e. The molecule has 0 radical (unpaired) electrons. The Bertz CT molecular complexity index is 655. The molecule has 0 fully saturated rings. The number of halogens is 4. The smallest absolute Gasteiger partial charge is 0.342 e. The number of hydrogen-bond donors (Lipinski definition) is 1. The highest BCUT2D eigenvalue weighted by Crippen LogP contribution is 2.24. The van der Waals surface area contributed by atoms with Crippen molar-refractivity contribution in [2.45, 2.75) is 25.6 Å².